The number of nitro benzene ring substituents is 1. The van der Waals surface area contributed by atoms with Gasteiger partial charge in [-0.05, 0) is 30.2 Å². The number of nitro groups is 1. The van der Waals surface area contributed by atoms with Crippen molar-refractivity contribution in [3.8, 4) is 11.5 Å². The Morgan fingerprint density at radius 3 is 2.66 bits per heavy atom. The first-order valence-electron chi connectivity index (χ1n) is 9.10. The van der Waals surface area contributed by atoms with Gasteiger partial charge in [0.25, 0.3) is 0 Å². The van der Waals surface area contributed by atoms with Gasteiger partial charge < -0.3 is 15.2 Å². The number of methoxy groups -OCH3 is 1. The molecule has 9 nitrogen and oxygen atoms in total. The number of amides is 1. The minimum Gasteiger partial charge on any atom is -0.493 e. The Kier molecular flexibility index (Phi) is 7.96. The van der Waals surface area contributed by atoms with Crippen LogP contribution in [0.25, 0.3) is 0 Å². The number of hydrazone groups is 1. The predicted octanol–water partition coefficient (Wildman–Crippen LogP) is 3.06. The Hall–Kier alpha value is -3.62. The number of nitrogen functional groups attached to an aromatic ring is 1. The van der Waals surface area contributed by atoms with Crippen molar-refractivity contribution in [2.45, 2.75) is 26.2 Å². The topological polar surface area (TPSA) is 129 Å². The van der Waals surface area contributed by atoms with Crippen LogP contribution in [0.2, 0.25) is 0 Å². The van der Waals surface area contributed by atoms with Crippen LogP contribution in [0.5, 0.6) is 11.5 Å². The van der Waals surface area contributed by atoms with E-state index in [0.29, 0.717) is 17.9 Å². The fraction of sp³-hybridized carbons (Fsp3) is 0.300. The summed E-state index contributed by atoms with van der Waals surface area (Å²) >= 11 is 0. The molecule has 0 radical (unpaired) electrons. The summed E-state index contributed by atoms with van der Waals surface area (Å²) in [7, 11) is 1.40. The number of benzene rings is 2. The second-order valence-electron chi connectivity index (χ2n) is 6.24. The van der Waals surface area contributed by atoms with Crippen LogP contribution < -0.4 is 20.6 Å². The predicted molar refractivity (Wildman–Crippen MR) is 110 cm³/mol. The summed E-state index contributed by atoms with van der Waals surface area (Å²) < 4.78 is 10.8. The van der Waals surface area contributed by atoms with E-state index in [4.69, 9.17) is 15.2 Å². The molecule has 0 heterocycles. The standard InChI is InChI=1S/C20H24N4O5/c1-3-4-9-29-20-17(24(26)27)10-15(11-18(20)28-2)13-22-23-19(25)12-14-5-7-16(21)8-6-14/h5-8,10-11,13H,3-4,9,12,21H2,1-2H3,(H,23,25)/b22-13-. The number of nitrogens with one attached hydrogen (secondary N) is 1. The SMILES string of the molecule is CCCCOc1c(OC)cc(/C=N\NC(=O)Cc2ccc(N)cc2)cc1[N+](=O)[O-]. The Bertz CT molecular complexity index is 881. The van der Waals surface area contributed by atoms with Gasteiger partial charge in [0.1, 0.15) is 0 Å². The van der Waals surface area contributed by atoms with Gasteiger partial charge in [0.2, 0.25) is 11.7 Å². The fourth-order valence-electron chi connectivity index (χ4n) is 2.47. The van der Waals surface area contributed by atoms with E-state index >= 15 is 0 Å². The molecule has 0 fully saturated rings. The van der Waals surface area contributed by atoms with E-state index in [-0.39, 0.29) is 29.5 Å². The van der Waals surface area contributed by atoms with E-state index in [0.717, 1.165) is 18.4 Å². The number of anilines is 1. The van der Waals surface area contributed by atoms with Gasteiger partial charge in [0.15, 0.2) is 5.75 Å². The first-order chi connectivity index (χ1) is 13.9. The van der Waals surface area contributed by atoms with Crippen molar-refractivity contribution < 1.29 is 19.2 Å². The van der Waals surface area contributed by atoms with E-state index in [2.05, 4.69) is 10.5 Å². The van der Waals surface area contributed by atoms with Crippen LogP contribution in [0.4, 0.5) is 11.4 Å². The summed E-state index contributed by atoms with van der Waals surface area (Å²) in [6.07, 6.45) is 3.11. The van der Waals surface area contributed by atoms with Crippen LogP contribution >= 0.6 is 0 Å². The number of unbranched alkanes of at least 4 members (excludes halogenated alkanes) is 1. The molecular formula is C20H24N4O5. The van der Waals surface area contributed by atoms with Gasteiger partial charge in [-0.3, -0.25) is 14.9 Å². The molecule has 0 atom stereocenters. The lowest BCUT2D eigenvalue weighted by molar-refractivity contribution is -0.386. The average Bonchev–Trinajstić information content (AvgIpc) is 2.70. The van der Waals surface area contributed by atoms with Crippen molar-refractivity contribution in [2.75, 3.05) is 19.5 Å². The number of hydrogen-bond donors (Lipinski definition) is 2. The first-order valence-corrected chi connectivity index (χ1v) is 9.10. The zero-order valence-electron chi connectivity index (χ0n) is 16.4. The molecule has 1 amide bonds. The highest BCUT2D eigenvalue weighted by Crippen LogP contribution is 2.38. The van der Waals surface area contributed by atoms with Crippen LogP contribution in [-0.2, 0) is 11.2 Å². The minimum atomic E-state index is -0.541. The normalized spacial score (nSPS) is 10.7. The van der Waals surface area contributed by atoms with Crippen LogP contribution in [0.15, 0.2) is 41.5 Å². The summed E-state index contributed by atoms with van der Waals surface area (Å²) in [5.74, 6) is -0.0209. The summed E-state index contributed by atoms with van der Waals surface area (Å²) in [5, 5.41) is 15.3. The number of carbonyl (C=O) groups excluding carboxylic acids is 1. The van der Waals surface area contributed by atoms with Crippen LogP contribution in [0.1, 0.15) is 30.9 Å². The molecule has 0 bridgehead atoms. The molecule has 2 rings (SSSR count). The smallest absolute Gasteiger partial charge is 0.315 e. The number of nitrogens with zero attached hydrogens (tertiary/aromatic N) is 2. The third kappa shape index (κ3) is 6.49. The molecule has 0 spiro atoms. The lowest BCUT2D eigenvalue weighted by atomic mass is 10.1. The average molecular weight is 400 g/mol. The van der Waals surface area contributed by atoms with Gasteiger partial charge in [-0.25, -0.2) is 5.43 Å². The van der Waals surface area contributed by atoms with Crippen LogP contribution in [-0.4, -0.2) is 30.8 Å². The first kappa shape index (κ1) is 21.7. The monoisotopic (exact) mass is 400 g/mol. The molecule has 0 aliphatic rings. The van der Waals surface area contributed by atoms with Crippen molar-refractivity contribution in [2.24, 2.45) is 5.10 Å². The quantitative estimate of drug-likeness (QED) is 0.207. The number of hydrogen-bond acceptors (Lipinski definition) is 7. The van der Waals surface area contributed by atoms with E-state index in [9.17, 15) is 14.9 Å². The molecule has 2 aromatic carbocycles. The Morgan fingerprint density at radius 2 is 2.03 bits per heavy atom. The summed E-state index contributed by atoms with van der Waals surface area (Å²) in [6.45, 7) is 2.35. The molecule has 0 saturated heterocycles. The molecule has 154 valence electrons. The summed E-state index contributed by atoms with van der Waals surface area (Å²) in [4.78, 5) is 22.9. The van der Waals surface area contributed by atoms with Gasteiger partial charge >= 0.3 is 5.69 Å². The summed E-state index contributed by atoms with van der Waals surface area (Å²) in [6, 6.07) is 9.81. The molecule has 9 heteroatoms. The number of nitrogens with two attached hydrogens (primary N) is 1. The fourth-order valence-corrected chi connectivity index (χ4v) is 2.47. The molecule has 0 aromatic heterocycles. The second kappa shape index (κ2) is 10.6. The van der Waals surface area contributed by atoms with Crippen molar-refractivity contribution in [1.29, 1.82) is 0 Å². The van der Waals surface area contributed by atoms with Gasteiger partial charge in [-0.15, -0.1) is 0 Å². The van der Waals surface area contributed by atoms with Gasteiger partial charge in [-0.2, -0.15) is 5.10 Å². The summed E-state index contributed by atoms with van der Waals surface area (Å²) in [5.41, 5.74) is 9.58. The number of ether oxygens (including phenoxy) is 2. The number of carbonyl (C=O) groups is 1. The highest BCUT2D eigenvalue weighted by atomic mass is 16.6. The number of rotatable bonds is 10. The Balaban J connectivity index is 2.10. The molecule has 0 aliphatic heterocycles. The highest BCUT2D eigenvalue weighted by Gasteiger charge is 2.22. The van der Waals surface area contributed by atoms with Gasteiger partial charge in [0, 0.05) is 17.3 Å². The molecule has 0 aliphatic carbocycles. The molecule has 0 unspecified atom stereocenters. The third-order valence-electron chi connectivity index (χ3n) is 3.97. The lowest BCUT2D eigenvalue weighted by Crippen LogP contribution is -2.19. The maximum atomic E-state index is 12.0. The maximum Gasteiger partial charge on any atom is 0.315 e. The Morgan fingerprint density at radius 1 is 1.31 bits per heavy atom. The van der Waals surface area contributed by atoms with E-state index < -0.39 is 4.92 Å². The molecule has 29 heavy (non-hydrogen) atoms. The van der Waals surface area contributed by atoms with Gasteiger partial charge in [0.05, 0.1) is 31.3 Å². The van der Waals surface area contributed by atoms with Crippen molar-refractivity contribution in [3.05, 3.63) is 57.6 Å². The molecule has 0 saturated carbocycles. The largest absolute Gasteiger partial charge is 0.493 e. The van der Waals surface area contributed by atoms with Crippen molar-refractivity contribution in [3.63, 3.8) is 0 Å². The Labute approximate surface area is 168 Å². The zero-order valence-corrected chi connectivity index (χ0v) is 16.4. The van der Waals surface area contributed by atoms with Crippen LogP contribution in [0, 0.1) is 10.1 Å². The molecular weight excluding hydrogens is 376 g/mol. The van der Waals surface area contributed by atoms with Crippen LogP contribution in [0.3, 0.4) is 0 Å². The van der Waals surface area contributed by atoms with E-state index in [1.807, 2.05) is 6.92 Å². The zero-order chi connectivity index (χ0) is 21.2. The minimum absolute atomic E-state index is 0.0792. The molecule has 2 aromatic rings. The lowest BCUT2D eigenvalue weighted by Gasteiger charge is -2.11. The molecule has 3 N–H and O–H groups in total. The maximum absolute atomic E-state index is 12.0. The second-order valence-corrected chi connectivity index (χ2v) is 6.24. The third-order valence-corrected chi connectivity index (χ3v) is 3.97. The van der Waals surface area contributed by atoms with E-state index in [1.165, 1.54) is 19.4 Å². The highest BCUT2D eigenvalue weighted by molar-refractivity contribution is 5.85. The van der Waals surface area contributed by atoms with Crippen molar-refractivity contribution >= 4 is 23.5 Å². The van der Waals surface area contributed by atoms with Gasteiger partial charge in [-0.1, -0.05) is 25.5 Å². The van der Waals surface area contributed by atoms with E-state index in [1.54, 1.807) is 30.3 Å². The van der Waals surface area contributed by atoms with Crippen molar-refractivity contribution in [1.82, 2.24) is 5.43 Å².